The molecule has 112 valence electrons. The Labute approximate surface area is 115 Å². The van der Waals surface area contributed by atoms with E-state index in [1.54, 1.807) is 0 Å². The molecule has 7 heteroatoms. The number of hydrogen-bond donors (Lipinski definition) is 2. The van der Waals surface area contributed by atoms with Crippen LogP contribution in [0.15, 0.2) is 0 Å². The Hall–Kier alpha value is -0.660. The summed E-state index contributed by atoms with van der Waals surface area (Å²) < 4.78 is 24.6. The third kappa shape index (κ3) is 4.43. The summed E-state index contributed by atoms with van der Waals surface area (Å²) in [5.74, 6) is -0.0794. The third-order valence-corrected chi connectivity index (χ3v) is 5.15. The van der Waals surface area contributed by atoms with Crippen LogP contribution < -0.4 is 11.1 Å². The van der Waals surface area contributed by atoms with Crippen LogP contribution >= 0.6 is 0 Å². The number of rotatable bonds is 6. The molecule has 1 aliphatic rings. The van der Waals surface area contributed by atoms with E-state index in [0.717, 1.165) is 19.3 Å². The lowest BCUT2D eigenvalue weighted by atomic mass is 9.99. The molecule has 0 aromatic carbocycles. The van der Waals surface area contributed by atoms with Gasteiger partial charge in [0.05, 0.1) is 12.3 Å². The lowest BCUT2D eigenvalue weighted by Gasteiger charge is -2.24. The van der Waals surface area contributed by atoms with E-state index in [2.05, 4.69) is 5.32 Å². The predicted octanol–water partition coefficient (Wildman–Crippen LogP) is -0.1000. The summed E-state index contributed by atoms with van der Waals surface area (Å²) in [6.45, 7) is 4.80. The average Bonchev–Trinajstić information content (AvgIpc) is 2.82. The first-order valence-electron chi connectivity index (χ1n) is 6.77. The molecule has 2 unspecified atom stereocenters. The van der Waals surface area contributed by atoms with Crippen molar-refractivity contribution in [1.82, 2.24) is 9.62 Å². The highest BCUT2D eigenvalue weighted by Crippen LogP contribution is 2.19. The van der Waals surface area contributed by atoms with E-state index in [-0.39, 0.29) is 17.9 Å². The van der Waals surface area contributed by atoms with Crippen LogP contribution in [0.2, 0.25) is 0 Å². The number of nitrogens with zero attached hydrogens (tertiary/aromatic N) is 1. The van der Waals surface area contributed by atoms with Crippen molar-refractivity contribution in [3.63, 3.8) is 0 Å². The Morgan fingerprint density at radius 3 is 2.68 bits per heavy atom. The van der Waals surface area contributed by atoms with Crippen LogP contribution in [0.5, 0.6) is 0 Å². The molecule has 0 saturated carbocycles. The number of carbonyl (C=O) groups excluding carboxylic acids is 1. The molecule has 1 rings (SSSR count). The van der Waals surface area contributed by atoms with Crippen molar-refractivity contribution >= 4 is 15.9 Å². The van der Waals surface area contributed by atoms with E-state index in [9.17, 15) is 13.2 Å². The summed E-state index contributed by atoms with van der Waals surface area (Å²) in [5.41, 5.74) is 5.83. The number of carbonyl (C=O) groups is 1. The van der Waals surface area contributed by atoms with Gasteiger partial charge < -0.3 is 11.1 Å². The minimum atomic E-state index is -3.19. The molecule has 1 fully saturated rings. The number of amides is 1. The maximum absolute atomic E-state index is 11.9. The number of nitrogens with two attached hydrogens (primary N) is 1. The molecule has 3 atom stereocenters. The number of nitrogens with one attached hydrogen (secondary N) is 1. The van der Waals surface area contributed by atoms with Crippen LogP contribution in [0, 0.1) is 5.92 Å². The van der Waals surface area contributed by atoms with Gasteiger partial charge in [-0.3, -0.25) is 4.79 Å². The van der Waals surface area contributed by atoms with Gasteiger partial charge in [-0.05, 0) is 18.8 Å². The Bertz CT molecular complexity index is 410. The third-order valence-electron chi connectivity index (χ3n) is 3.82. The minimum Gasteiger partial charge on any atom is -0.353 e. The Morgan fingerprint density at radius 1 is 1.53 bits per heavy atom. The second kappa shape index (κ2) is 6.67. The molecule has 6 nitrogen and oxygen atoms in total. The standard InChI is InChI=1S/C12H25N3O3S/c1-4-9(2)11(13)12(16)14-8-10-6-5-7-15(10)19(3,17)18/h9-11H,4-8,13H2,1-3H3,(H,14,16)/t9?,10-,11?/m1/s1. The first-order chi connectivity index (χ1) is 8.77. The van der Waals surface area contributed by atoms with Gasteiger partial charge in [-0.2, -0.15) is 4.31 Å². The van der Waals surface area contributed by atoms with Crippen LogP contribution in [-0.4, -0.2) is 50.1 Å². The first-order valence-corrected chi connectivity index (χ1v) is 8.62. The maximum Gasteiger partial charge on any atom is 0.237 e. The van der Waals surface area contributed by atoms with Crippen molar-refractivity contribution < 1.29 is 13.2 Å². The van der Waals surface area contributed by atoms with E-state index in [1.807, 2.05) is 13.8 Å². The molecule has 0 aromatic rings. The topological polar surface area (TPSA) is 92.5 Å². The van der Waals surface area contributed by atoms with E-state index in [4.69, 9.17) is 5.73 Å². The summed E-state index contributed by atoms with van der Waals surface area (Å²) >= 11 is 0. The summed E-state index contributed by atoms with van der Waals surface area (Å²) in [4.78, 5) is 11.9. The van der Waals surface area contributed by atoms with Gasteiger partial charge in [0.25, 0.3) is 0 Å². The predicted molar refractivity (Wildman–Crippen MR) is 75.0 cm³/mol. The van der Waals surface area contributed by atoms with Crippen molar-refractivity contribution in [2.45, 2.75) is 45.2 Å². The van der Waals surface area contributed by atoms with E-state index in [0.29, 0.717) is 13.1 Å². The van der Waals surface area contributed by atoms with Gasteiger partial charge in [-0.1, -0.05) is 20.3 Å². The van der Waals surface area contributed by atoms with Crippen LogP contribution in [0.1, 0.15) is 33.1 Å². The van der Waals surface area contributed by atoms with Crippen LogP contribution in [0.3, 0.4) is 0 Å². The van der Waals surface area contributed by atoms with Crippen molar-refractivity contribution in [2.24, 2.45) is 11.7 Å². The zero-order valence-electron chi connectivity index (χ0n) is 11.9. The van der Waals surface area contributed by atoms with Crippen LogP contribution in [0.4, 0.5) is 0 Å². The fourth-order valence-electron chi connectivity index (χ4n) is 2.30. The smallest absolute Gasteiger partial charge is 0.237 e. The second-order valence-corrected chi connectivity index (χ2v) is 7.26. The molecular formula is C12H25N3O3S. The lowest BCUT2D eigenvalue weighted by molar-refractivity contribution is -0.123. The molecule has 0 aliphatic carbocycles. The Morgan fingerprint density at radius 2 is 2.16 bits per heavy atom. The van der Waals surface area contributed by atoms with Crippen molar-refractivity contribution in [1.29, 1.82) is 0 Å². The average molecular weight is 291 g/mol. The van der Waals surface area contributed by atoms with E-state index < -0.39 is 16.1 Å². The van der Waals surface area contributed by atoms with Crippen molar-refractivity contribution in [3.8, 4) is 0 Å². The normalized spacial score (nSPS) is 24.1. The van der Waals surface area contributed by atoms with Gasteiger partial charge in [0.2, 0.25) is 15.9 Å². The largest absolute Gasteiger partial charge is 0.353 e. The molecule has 1 amide bonds. The highest BCUT2D eigenvalue weighted by Gasteiger charge is 2.32. The molecule has 0 bridgehead atoms. The SMILES string of the molecule is CCC(C)C(N)C(=O)NC[C@H]1CCCN1S(C)(=O)=O. The molecule has 19 heavy (non-hydrogen) atoms. The highest BCUT2D eigenvalue weighted by molar-refractivity contribution is 7.88. The van der Waals surface area contributed by atoms with E-state index >= 15 is 0 Å². The molecule has 1 saturated heterocycles. The Balaban J connectivity index is 2.50. The Kier molecular flexibility index (Phi) is 5.76. The maximum atomic E-state index is 11.9. The van der Waals surface area contributed by atoms with Crippen molar-refractivity contribution in [3.05, 3.63) is 0 Å². The molecule has 0 spiro atoms. The highest BCUT2D eigenvalue weighted by atomic mass is 32.2. The fraction of sp³-hybridized carbons (Fsp3) is 0.917. The first kappa shape index (κ1) is 16.4. The second-order valence-electron chi connectivity index (χ2n) is 5.33. The fourth-order valence-corrected chi connectivity index (χ4v) is 3.48. The number of hydrogen-bond acceptors (Lipinski definition) is 4. The zero-order chi connectivity index (χ0) is 14.6. The van der Waals surface area contributed by atoms with Crippen LogP contribution in [-0.2, 0) is 14.8 Å². The van der Waals surface area contributed by atoms with Crippen LogP contribution in [0.25, 0.3) is 0 Å². The molecule has 3 N–H and O–H groups in total. The van der Waals surface area contributed by atoms with Crippen molar-refractivity contribution in [2.75, 3.05) is 19.3 Å². The summed E-state index contributed by atoms with van der Waals surface area (Å²) in [7, 11) is -3.19. The molecule has 0 radical (unpaired) electrons. The quantitative estimate of drug-likeness (QED) is 0.715. The minimum absolute atomic E-state index is 0.120. The summed E-state index contributed by atoms with van der Waals surface area (Å²) in [5, 5.41) is 2.77. The van der Waals surface area contributed by atoms with Gasteiger partial charge in [-0.25, -0.2) is 8.42 Å². The molecule has 1 heterocycles. The zero-order valence-corrected chi connectivity index (χ0v) is 12.7. The van der Waals surface area contributed by atoms with Gasteiger partial charge in [-0.15, -0.1) is 0 Å². The molecule has 0 aromatic heterocycles. The van der Waals surface area contributed by atoms with E-state index in [1.165, 1.54) is 10.6 Å². The lowest BCUT2D eigenvalue weighted by Crippen LogP contribution is -2.49. The molecular weight excluding hydrogens is 266 g/mol. The van der Waals surface area contributed by atoms with Gasteiger partial charge in [0, 0.05) is 19.1 Å². The van der Waals surface area contributed by atoms with Gasteiger partial charge in [0.15, 0.2) is 0 Å². The van der Waals surface area contributed by atoms with Gasteiger partial charge in [0.1, 0.15) is 0 Å². The monoisotopic (exact) mass is 291 g/mol. The summed E-state index contributed by atoms with van der Waals surface area (Å²) in [6.07, 6.45) is 3.67. The van der Waals surface area contributed by atoms with Gasteiger partial charge >= 0.3 is 0 Å². The molecule has 1 aliphatic heterocycles. The summed E-state index contributed by atoms with van der Waals surface area (Å²) in [6, 6.07) is -0.666. The number of sulfonamides is 1.